The van der Waals surface area contributed by atoms with Crippen LogP contribution in [0, 0.1) is 0 Å². The Morgan fingerprint density at radius 2 is 1.83 bits per heavy atom. The zero-order chi connectivity index (χ0) is 13.4. The molecule has 1 aromatic carbocycles. The van der Waals surface area contributed by atoms with Gasteiger partial charge in [-0.05, 0) is 44.0 Å². The standard InChI is InChI=1S/C15H24ClNO/c1-4-11-17-15(14(5-2)18-6-3)12-7-9-13(16)10-8-12/h7-10,14-15,17H,4-6,11H2,1-3H3. The van der Waals surface area contributed by atoms with Crippen molar-refractivity contribution in [1.29, 1.82) is 0 Å². The molecule has 0 heterocycles. The molecule has 0 saturated heterocycles. The van der Waals surface area contributed by atoms with Gasteiger partial charge < -0.3 is 10.1 Å². The van der Waals surface area contributed by atoms with Crippen molar-refractivity contribution < 1.29 is 4.74 Å². The topological polar surface area (TPSA) is 21.3 Å². The van der Waals surface area contributed by atoms with Gasteiger partial charge in [-0.3, -0.25) is 0 Å². The van der Waals surface area contributed by atoms with Crippen LogP contribution in [0.3, 0.4) is 0 Å². The quantitative estimate of drug-likeness (QED) is 0.764. The number of hydrogen-bond acceptors (Lipinski definition) is 2. The molecule has 0 bridgehead atoms. The predicted octanol–water partition coefficient (Wildman–Crippen LogP) is 4.20. The molecule has 0 aliphatic rings. The van der Waals surface area contributed by atoms with Crippen LogP contribution in [0.4, 0.5) is 0 Å². The smallest absolute Gasteiger partial charge is 0.0766 e. The van der Waals surface area contributed by atoms with Crippen molar-refractivity contribution in [1.82, 2.24) is 5.32 Å². The van der Waals surface area contributed by atoms with Crippen LogP contribution in [-0.4, -0.2) is 19.3 Å². The van der Waals surface area contributed by atoms with E-state index in [2.05, 4.69) is 31.3 Å². The maximum Gasteiger partial charge on any atom is 0.0766 e. The van der Waals surface area contributed by atoms with E-state index in [4.69, 9.17) is 16.3 Å². The molecule has 0 aliphatic carbocycles. The molecule has 1 N–H and O–H groups in total. The third-order valence-electron chi connectivity index (χ3n) is 3.00. The van der Waals surface area contributed by atoms with Gasteiger partial charge in [0.15, 0.2) is 0 Å². The first-order valence-corrected chi connectivity index (χ1v) is 7.21. The molecule has 0 spiro atoms. The molecule has 2 unspecified atom stereocenters. The molecule has 1 rings (SSSR count). The van der Waals surface area contributed by atoms with Gasteiger partial charge in [0.2, 0.25) is 0 Å². The first-order chi connectivity index (χ1) is 8.72. The van der Waals surface area contributed by atoms with Gasteiger partial charge in [-0.15, -0.1) is 0 Å². The first kappa shape index (κ1) is 15.5. The van der Waals surface area contributed by atoms with Gasteiger partial charge in [0.25, 0.3) is 0 Å². The number of halogens is 1. The average Bonchev–Trinajstić information content (AvgIpc) is 2.39. The van der Waals surface area contributed by atoms with Crippen molar-refractivity contribution >= 4 is 11.6 Å². The van der Waals surface area contributed by atoms with E-state index < -0.39 is 0 Å². The molecule has 0 aliphatic heterocycles. The summed E-state index contributed by atoms with van der Waals surface area (Å²) in [5, 5.41) is 4.35. The zero-order valence-electron chi connectivity index (χ0n) is 11.6. The summed E-state index contributed by atoms with van der Waals surface area (Å²) in [6, 6.07) is 8.29. The number of nitrogens with one attached hydrogen (secondary N) is 1. The summed E-state index contributed by atoms with van der Waals surface area (Å²) in [6.45, 7) is 8.12. The second kappa shape index (κ2) is 8.52. The number of ether oxygens (including phenoxy) is 1. The summed E-state index contributed by atoms with van der Waals surface area (Å²) >= 11 is 5.94. The number of rotatable bonds is 8. The molecule has 0 fully saturated rings. The van der Waals surface area contributed by atoms with E-state index in [-0.39, 0.29) is 12.1 Å². The minimum atomic E-state index is 0.211. The third kappa shape index (κ3) is 4.60. The maximum absolute atomic E-state index is 5.94. The SMILES string of the molecule is CCCNC(c1ccc(Cl)cc1)C(CC)OCC. The van der Waals surface area contributed by atoms with Gasteiger partial charge in [-0.2, -0.15) is 0 Å². The van der Waals surface area contributed by atoms with Gasteiger partial charge in [0.1, 0.15) is 0 Å². The largest absolute Gasteiger partial charge is 0.377 e. The normalized spacial score (nSPS) is 14.4. The lowest BCUT2D eigenvalue weighted by Crippen LogP contribution is -2.34. The van der Waals surface area contributed by atoms with Crippen LogP contribution in [0.5, 0.6) is 0 Å². The molecule has 3 heteroatoms. The van der Waals surface area contributed by atoms with E-state index >= 15 is 0 Å². The summed E-state index contributed by atoms with van der Waals surface area (Å²) < 4.78 is 5.84. The third-order valence-corrected chi connectivity index (χ3v) is 3.25. The molecule has 18 heavy (non-hydrogen) atoms. The van der Waals surface area contributed by atoms with Gasteiger partial charge >= 0.3 is 0 Å². The van der Waals surface area contributed by atoms with Crippen LogP contribution in [-0.2, 0) is 4.74 Å². The minimum absolute atomic E-state index is 0.211. The second-order valence-electron chi connectivity index (χ2n) is 4.39. The fourth-order valence-corrected chi connectivity index (χ4v) is 2.22. The van der Waals surface area contributed by atoms with Crippen LogP contribution in [0.15, 0.2) is 24.3 Å². The molecule has 0 radical (unpaired) electrons. The molecule has 2 nitrogen and oxygen atoms in total. The van der Waals surface area contributed by atoms with Crippen molar-refractivity contribution in [2.24, 2.45) is 0 Å². The number of benzene rings is 1. The van der Waals surface area contributed by atoms with Crippen molar-refractivity contribution in [3.05, 3.63) is 34.9 Å². The van der Waals surface area contributed by atoms with Crippen LogP contribution in [0.1, 0.15) is 45.2 Å². The van der Waals surface area contributed by atoms with E-state index in [1.54, 1.807) is 0 Å². The Morgan fingerprint density at radius 1 is 1.17 bits per heavy atom. The maximum atomic E-state index is 5.94. The monoisotopic (exact) mass is 269 g/mol. The average molecular weight is 270 g/mol. The van der Waals surface area contributed by atoms with Crippen LogP contribution < -0.4 is 5.32 Å². The highest BCUT2D eigenvalue weighted by atomic mass is 35.5. The molecular formula is C15H24ClNO. The zero-order valence-corrected chi connectivity index (χ0v) is 12.3. The highest BCUT2D eigenvalue weighted by molar-refractivity contribution is 6.30. The molecule has 0 amide bonds. The number of hydrogen-bond donors (Lipinski definition) is 1. The van der Waals surface area contributed by atoms with E-state index in [1.807, 2.05) is 19.1 Å². The van der Waals surface area contributed by atoms with Gasteiger partial charge in [0, 0.05) is 11.6 Å². The lowest BCUT2D eigenvalue weighted by molar-refractivity contribution is 0.0314. The Labute approximate surface area is 116 Å². The highest BCUT2D eigenvalue weighted by Crippen LogP contribution is 2.23. The van der Waals surface area contributed by atoms with Gasteiger partial charge in [0.05, 0.1) is 12.1 Å². The highest BCUT2D eigenvalue weighted by Gasteiger charge is 2.21. The molecule has 102 valence electrons. The molecular weight excluding hydrogens is 246 g/mol. The van der Waals surface area contributed by atoms with Crippen molar-refractivity contribution in [2.45, 2.75) is 45.8 Å². The Morgan fingerprint density at radius 3 is 2.33 bits per heavy atom. The second-order valence-corrected chi connectivity index (χ2v) is 4.82. The van der Waals surface area contributed by atoms with E-state index in [0.29, 0.717) is 0 Å². The van der Waals surface area contributed by atoms with Crippen molar-refractivity contribution in [2.75, 3.05) is 13.2 Å². The van der Waals surface area contributed by atoms with Crippen molar-refractivity contribution in [3.8, 4) is 0 Å². The molecule has 0 saturated carbocycles. The van der Waals surface area contributed by atoms with Crippen molar-refractivity contribution in [3.63, 3.8) is 0 Å². The van der Waals surface area contributed by atoms with E-state index in [0.717, 1.165) is 31.0 Å². The van der Waals surface area contributed by atoms with Gasteiger partial charge in [-0.1, -0.05) is 37.6 Å². The van der Waals surface area contributed by atoms with Gasteiger partial charge in [-0.25, -0.2) is 0 Å². The predicted molar refractivity (Wildman–Crippen MR) is 78.2 cm³/mol. The Bertz CT molecular complexity index is 326. The Kier molecular flexibility index (Phi) is 7.33. The Hall–Kier alpha value is -0.570. The summed E-state index contributed by atoms with van der Waals surface area (Å²) in [6.07, 6.45) is 2.33. The van der Waals surface area contributed by atoms with Crippen LogP contribution in [0.25, 0.3) is 0 Å². The van der Waals surface area contributed by atoms with E-state index in [1.165, 1.54) is 5.56 Å². The van der Waals surface area contributed by atoms with E-state index in [9.17, 15) is 0 Å². The fourth-order valence-electron chi connectivity index (χ4n) is 2.10. The van der Waals surface area contributed by atoms with Crippen LogP contribution in [0.2, 0.25) is 5.02 Å². The summed E-state index contributed by atoms with van der Waals surface area (Å²) in [5.41, 5.74) is 1.24. The van der Waals surface area contributed by atoms with Crippen LogP contribution >= 0.6 is 11.6 Å². The molecule has 0 aromatic heterocycles. The summed E-state index contributed by atoms with van der Waals surface area (Å²) in [5.74, 6) is 0. The fraction of sp³-hybridized carbons (Fsp3) is 0.600. The molecule has 1 aromatic rings. The lowest BCUT2D eigenvalue weighted by Gasteiger charge is -2.27. The Balaban J connectivity index is 2.84. The summed E-state index contributed by atoms with van der Waals surface area (Å²) in [7, 11) is 0. The first-order valence-electron chi connectivity index (χ1n) is 6.83. The summed E-state index contributed by atoms with van der Waals surface area (Å²) in [4.78, 5) is 0. The lowest BCUT2D eigenvalue weighted by atomic mass is 9.99. The minimum Gasteiger partial charge on any atom is -0.377 e. The molecule has 2 atom stereocenters.